The Morgan fingerprint density at radius 2 is 1.94 bits per heavy atom. The molecule has 36 heavy (non-hydrogen) atoms. The van der Waals surface area contributed by atoms with Gasteiger partial charge in [-0.05, 0) is 36.8 Å². The lowest BCUT2D eigenvalue weighted by Gasteiger charge is -2.70. The molecule has 7 rings (SSSR count). The maximum Gasteiger partial charge on any atom is 0.522 e. The summed E-state index contributed by atoms with van der Waals surface area (Å²) in [5.41, 5.74) is 0.263. The lowest BCUT2D eigenvalue weighted by atomic mass is 9.44. The van der Waals surface area contributed by atoms with Crippen molar-refractivity contribution in [2.24, 2.45) is 0 Å². The molecule has 1 aliphatic heterocycles. The molecule has 12 heteroatoms. The third-order valence-corrected chi connectivity index (χ3v) is 8.09. The quantitative estimate of drug-likeness (QED) is 0.543. The van der Waals surface area contributed by atoms with E-state index in [1.807, 2.05) is 11.6 Å². The minimum Gasteiger partial charge on any atom is -0.487 e. The monoisotopic (exact) mass is 529 g/mol. The number of benzene rings is 1. The Hall–Kier alpha value is -2.53. The fourth-order valence-corrected chi connectivity index (χ4v) is 6.18. The highest BCUT2D eigenvalue weighted by molar-refractivity contribution is 6.30. The molecule has 0 spiro atoms. The Morgan fingerprint density at radius 1 is 1.22 bits per heavy atom. The van der Waals surface area contributed by atoms with Crippen LogP contribution in [0.5, 0.6) is 11.5 Å². The number of carbonyl (C=O) groups is 1. The number of hydrogen-bond acceptors (Lipinski definition) is 5. The van der Waals surface area contributed by atoms with Crippen molar-refractivity contribution >= 4 is 17.5 Å². The zero-order valence-corrected chi connectivity index (χ0v) is 20.0. The van der Waals surface area contributed by atoms with Crippen molar-refractivity contribution in [2.45, 2.75) is 87.1 Å². The number of aromatic nitrogens is 2. The first-order valence-electron chi connectivity index (χ1n) is 11.9. The van der Waals surface area contributed by atoms with Crippen molar-refractivity contribution in [3.8, 4) is 11.5 Å². The van der Waals surface area contributed by atoms with Crippen LogP contribution in [0.3, 0.4) is 0 Å². The summed E-state index contributed by atoms with van der Waals surface area (Å²) in [6.07, 6.45) is -0.276. The standard InChI is InChI=1S/C24H24ClF4N3O4/c1-12-2-20(35-19-6-18(26)17(25)5-16(12)19)21(33)31-22-9-23(10-22,11-22)32-8-15(7-30-32)34-13-3-14(4-13)36-24(27,28)29/h5-8,12-14,20H,2-4,9-11H2,1H3,(H,31,33)/t12-,13?,14?,20+,22?,23?/m1/s1. The zero-order valence-electron chi connectivity index (χ0n) is 19.3. The Kier molecular flexibility index (Phi) is 5.29. The fourth-order valence-electron chi connectivity index (χ4n) is 6.01. The second-order valence-corrected chi connectivity index (χ2v) is 11.0. The Bertz CT molecular complexity index is 1190. The van der Waals surface area contributed by atoms with Crippen molar-refractivity contribution in [1.29, 1.82) is 0 Å². The average Bonchev–Trinajstić information content (AvgIpc) is 3.16. The molecule has 2 heterocycles. The van der Waals surface area contributed by atoms with Crippen LogP contribution in [0.2, 0.25) is 5.02 Å². The lowest BCUT2D eigenvalue weighted by Crippen LogP contribution is -2.79. The van der Waals surface area contributed by atoms with Crippen molar-refractivity contribution in [2.75, 3.05) is 0 Å². The number of ether oxygens (including phenoxy) is 3. The predicted molar refractivity (Wildman–Crippen MR) is 118 cm³/mol. The van der Waals surface area contributed by atoms with Crippen LogP contribution < -0.4 is 14.8 Å². The van der Waals surface area contributed by atoms with E-state index in [0.29, 0.717) is 37.2 Å². The van der Waals surface area contributed by atoms with E-state index >= 15 is 0 Å². The molecule has 1 aromatic heterocycles. The number of rotatable bonds is 6. The van der Waals surface area contributed by atoms with E-state index in [1.165, 1.54) is 6.07 Å². The van der Waals surface area contributed by atoms with Gasteiger partial charge in [-0.15, -0.1) is 13.2 Å². The molecule has 4 fully saturated rings. The van der Waals surface area contributed by atoms with Crippen molar-refractivity contribution in [3.63, 3.8) is 0 Å². The number of nitrogens with zero attached hydrogens (tertiary/aromatic N) is 2. The van der Waals surface area contributed by atoms with Crippen LogP contribution in [-0.4, -0.2) is 45.9 Å². The first kappa shape index (κ1) is 23.8. The van der Waals surface area contributed by atoms with Gasteiger partial charge in [-0.2, -0.15) is 5.10 Å². The Labute approximate surface area is 209 Å². The number of fused-ring (bicyclic) bond motifs is 1. The van der Waals surface area contributed by atoms with Gasteiger partial charge in [-0.25, -0.2) is 4.39 Å². The normalized spacial score (nSPS) is 34.4. The second kappa shape index (κ2) is 7.98. The van der Waals surface area contributed by atoms with E-state index < -0.39 is 24.4 Å². The fraction of sp³-hybridized carbons (Fsp3) is 0.583. The van der Waals surface area contributed by atoms with Gasteiger partial charge in [0.15, 0.2) is 11.9 Å². The Balaban J connectivity index is 1.01. The maximum atomic E-state index is 13.9. The van der Waals surface area contributed by atoms with Crippen LogP contribution in [0.1, 0.15) is 56.9 Å². The summed E-state index contributed by atoms with van der Waals surface area (Å²) in [4.78, 5) is 13.0. The molecule has 4 aliphatic carbocycles. The van der Waals surface area contributed by atoms with Gasteiger partial charge in [0.25, 0.3) is 5.91 Å². The summed E-state index contributed by atoms with van der Waals surface area (Å²) >= 11 is 5.89. The minimum absolute atomic E-state index is 0.00422. The highest BCUT2D eigenvalue weighted by atomic mass is 35.5. The second-order valence-electron chi connectivity index (χ2n) is 10.6. The third kappa shape index (κ3) is 4.09. The molecule has 0 saturated heterocycles. The van der Waals surface area contributed by atoms with E-state index in [2.05, 4.69) is 15.2 Å². The molecule has 2 bridgehead atoms. The molecule has 7 nitrogen and oxygen atoms in total. The molecular formula is C24H24ClF4N3O4. The van der Waals surface area contributed by atoms with Crippen LogP contribution in [0.25, 0.3) is 0 Å². The van der Waals surface area contributed by atoms with Crippen LogP contribution in [0, 0.1) is 5.82 Å². The molecule has 2 aromatic rings. The van der Waals surface area contributed by atoms with Gasteiger partial charge in [0.05, 0.1) is 29.1 Å². The summed E-state index contributed by atoms with van der Waals surface area (Å²) < 4.78 is 68.0. The average molecular weight is 530 g/mol. The number of amides is 1. The first-order valence-corrected chi connectivity index (χ1v) is 12.2. The number of nitrogens with one attached hydrogen (secondary N) is 1. The van der Waals surface area contributed by atoms with Crippen molar-refractivity contribution < 1.29 is 36.6 Å². The van der Waals surface area contributed by atoms with E-state index in [-0.39, 0.29) is 46.9 Å². The maximum absolute atomic E-state index is 13.9. The van der Waals surface area contributed by atoms with Gasteiger partial charge >= 0.3 is 6.36 Å². The largest absolute Gasteiger partial charge is 0.522 e. The molecule has 1 N–H and O–H groups in total. The summed E-state index contributed by atoms with van der Waals surface area (Å²) in [5.74, 6) is 0.0385. The summed E-state index contributed by atoms with van der Waals surface area (Å²) in [7, 11) is 0. The number of alkyl halides is 3. The number of carbonyl (C=O) groups excluding carboxylic acids is 1. The van der Waals surface area contributed by atoms with E-state index in [4.69, 9.17) is 21.1 Å². The Morgan fingerprint density at radius 3 is 2.64 bits per heavy atom. The van der Waals surface area contributed by atoms with E-state index in [1.54, 1.807) is 18.5 Å². The van der Waals surface area contributed by atoms with Gasteiger partial charge in [0.1, 0.15) is 17.7 Å². The van der Waals surface area contributed by atoms with Crippen molar-refractivity contribution in [3.05, 3.63) is 40.9 Å². The van der Waals surface area contributed by atoms with Gasteiger partial charge < -0.3 is 14.8 Å². The number of halogens is 5. The smallest absolute Gasteiger partial charge is 0.487 e. The molecule has 194 valence electrons. The number of hydrogen-bond donors (Lipinski definition) is 1. The topological polar surface area (TPSA) is 74.6 Å². The van der Waals surface area contributed by atoms with Crippen LogP contribution in [-0.2, 0) is 15.1 Å². The van der Waals surface area contributed by atoms with Crippen LogP contribution in [0.15, 0.2) is 24.5 Å². The highest BCUT2D eigenvalue weighted by Crippen LogP contribution is 2.65. The molecule has 0 unspecified atom stereocenters. The zero-order chi connectivity index (χ0) is 25.5. The molecule has 1 aromatic carbocycles. The summed E-state index contributed by atoms with van der Waals surface area (Å²) in [6.45, 7) is 1.95. The molecule has 4 saturated carbocycles. The van der Waals surface area contributed by atoms with Crippen LogP contribution in [0.4, 0.5) is 17.6 Å². The lowest BCUT2D eigenvalue weighted by molar-refractivity contribution is -0.355. The first-order chi connectivity index (χ1) is 16.9. The molecule has 5 aliphatic rings. The van der Waals surface area contributed by atoms with Gasteiger partial charge in [0, 0.05) is 30.9 Å². The highest BCUT2D eigenvalue weighted by Gasteiger charge is 2.70. The minimum atomic E-state index is -4.63. The van der Waals surface area contributed by atoms with E-state index in [0.717, 1.165) is 5.56 Å². The molecular weight excluding hydrogens is 506 g/mol. The SMILES string of the molecule is C[C@@H]1C[C@@H](C(=O)NC23CC(n4cc(OC5CC(OC(F)(F)F)C5)cn4)(C2)C3)Oc2cc(F)c(Cl)cc21. The van der Waals surface area contributed by atoms with Crippen LogP contribution >= 0.6 is 11.6 Å². The third-order valence-electron chi connectivity index (χ3n) is 7.80. The summed E-state index contributed by atoms with van der Waals surface area (Å²) in [5, 5.41) is 7.54. The van der Waals surface area contributed by atoms with Gasteiger partial charge in [-0.3, -0.25) is 14.2 Å². The predicted octanol–water partition coefficient (Wildman–Crippen LogP) is 4.82. The molecule has 1 amide bonds. The van der Waals surface area contributed by atoms with Gasteiger partial charge in [-0.1, -0.05) is 18.5 Å². The molecule has 0 radical (unpaired) electrons. The van der Waals surface area contributed by atoms with Gasteiger partial charge in [0.2, 0.25) is 0 Å². The van der Waals surface area contributed by atoms with E-state index in [9.17, 15) is 22.4 Å². The summed E-state index contributed by atoms with van der Waals surface area (Å²) in [6, 6.07) is 2.78. The van der Waals surface area contributed by atoms with Crippen molar-refractivity contribution in [1.82, 2.24) is 15.1 Å². The molecule has 2 atom stereocenters.